The van der Waals surface area contributed by atoms with Crippen molar-refractivity contribution in [2.24, 2.45) is 5.10 Å². The summed E-state index contributed by atoms with van der Waals surface area (Å²) in [5, 5.41) is 4.13. The fraction of sp³-hybridized carbons (Fsp3) is 0.217. The molecular weight excluding hydrogens is 366 g/mol. The lowest BCUT2D eigenvalue weighted by atomic mass is 10.2. The van der Waals surface area contributed by atoms with Crippen molar-refractivity contribution in [1.82, 2.24) is 9.99 Å². The predicted octanol–water partition coefficient (Wildman–Crippen LogP) is 4.27. The van der Waals surface area contributed by atoms with E-state index in [0.717, 1.165) is 28.4 Å². The van der Waals surface area contributed by atoms with Crippen LogP contribution in [0.1, 0.15) is 34.2 Å². The van der Waals surface area contributed by atoms with Crippen molar-refractivity contribution in [3.8, 4) is 17.2 Å². The molecule has 0 bridgehead atoms. The van der Waals surface area contributed by atoms with E-state index in [2.05, 4.69) is 15.1 Å². The molecule has 1 heterocycles. The highest BCUT2D eigenvalue weighted by Gasteiger charge is 2.12. The molecule has 1 N–H and O–H groups in total. The molecule has 3 aromatic rings. The van der Waals surface area contributed by atoms with Gasteiger partial charge in [0.15, 0.2) is 0 Å². The molecule has 0 unspecified atom stereocenters. The molecule has 0 saturated heterocycles. The molecule has 29 heavy (non-hydrogen) atoms. The summed E-state index contributed by atoms with van der Waals surface area (Å²) in [7, 11) is 1.53. The quantitative estimate of drug-likeness (QED) is 0.483. The van der Waals surface area contributed by atoms with Gasteiger partial charge in [0.25, 0.3) is 5.91 Å². The number of methoxy groups -OCH3 is 1. The average Bonchev–Trinajstić information content (AvgIpc) is 3.02. The molecule has 0 radical (unpaired) electrons. The van der Waals surface area contributed by atoms with Crippen LogP contribution in [0.25, 0.3) is 5.69 Å². The fourth-order valence-corrected chi connectivity index (χ4v) is 3.23. The lowest BCUT2D eigenvalue weighted by molar-refractivity contribution is 0.0952. The van der Waals surface area contributed by atoms with E-state index < -0.39 is 0 Å². The standard InChI is InChI=1S/C23H25N3O3/c1-5-29-20-12-10-19(11-13-20)26-16(2)14-18(17(26)3)15-24-25-23(27)21-8-6-7-9-22(21)28-4/h6-15H,5H2,1-4H3,(H,25,27). The molecule has 150 valence electrons. The van der Waals surface area contributed by atoms with Crippen LogP contribution >= 0.6 is 0 Å². The molecule has 0 aliphatic heterocycles. The Labute approximate surface area is 170 Å². The maximum absolute atomic E-state index is 12.4. The van der Waals surface area contributed by atoms with Gasteiger partial charge >= 0.3 is 0 Å². The van der Waals surface area contributed by atoms with E-state index in [1.54, 1.807) is 24.4 Å². The fourth-order valence-electron chi connectivity index (χ4n) is 3.23. The van der Waals surface area contributed by atoms with Gasteiger partial charge in [0.05, 0.1) is 25.5 Å². The zero-order valence-corrected chi connectivity index (χ0v) is 17.1. The van der Waals surface area contributed by atoms with E-state index in [9.17, 15) is 4.79 Å². The molecule has 0 spiro atoms. The number of hydrogen-bond donors (Lipinski definition) is 1. The molecule has 6 heteroatoms. The monoisotopic (exact) mass is 391 g/mol. The van der Waals surface area contributed by atoms with Gasteiger partial charge in [-0.2, -0.15) is 5.10 Å². The van der Waals surface area contributed by atoms with E-state index >= 15 is 0 Å². The Morgan fingerprint density at radius 2 is 1.86 bits per heavy atom. The summed E-state index contributed by atoms with van der Waals surface area (Å²) in [5.74, 6) is 1.03. The van der Waals surface area contributed by atoms with E-state index in [4.69, 9.17) is 9.47 Å². The number of rotatable bonds is 7. The number of amides is 1. The first-order chi connectivity index (χ1) is 14.0. The van der Waals surface area contributed by atoms with Crippen LogP contribution in [0.4, 0.5) is 0 Å². The molecule has 2 aromatic carbocycles. The van der Waals surface area contributed by atoms with Gasteiger partial charge in [-0.1, -0.05) is 12.1 Å². The highest BCUT2D eigenvalue weighted by molar-refractivity contribution is 5.97. The third kappa shape index (κ3) is 4.48. The summed E-state index contributed by atoms with van der Waals surface area (Å²) in [6, 6.07) is 17.0. The number of hydrazone groups is 1. The predicted molar refractivity (Wildman–Crippen MR) is 114 cm³/mol. The highest BCUT2D eigenvalue weighted by atomic mass is 16.5. The van der Waals surface area contributed by atoms with Crippen LogP contribution in [0, 0.1) is 13.8 Å². The molecule has 6 nitrogen and oxygen atoms in total. The molecular formula is C23H25N3O3. The minimum Gasteiger partial charge on any atom is -0.496 e. The van der Waals surface area contributed by atoms with E-state index in [-0.39, 0.29) is 5.91 Å². The molecule has 1 amide bonds. The van der Waals surface area contributed by atoms with Gasteiger partial charge in [-0.25, -0.2) is 5.43 Å². The SMILES string of the molecule is CCOc1ccc(-n2c(C)cc(C=NNC(=O)c3ccccc3OC)c2C)cc1. The van der Waals surface area contributed by atoms with Crippen LogP contribution in [0.5, 0.6) is 11.5 Å². The zero-order chi connectivity index (χ0) is 20.8. The number of carbonyl (C=O) groups excluding carboxylic acids is 1. The van der Waals surface area contributed by atoms with Crippen molar-refractivity contribution in [1.29, 1.82) is 0 Å². The van der Waals surface area contributed by atoms with Gasteiger partial charge in [-0.05, 0) is 63.2 Å². The topological polar surface area (TPSA) is 64.8 Å². The van der Waals surface area contributed by atoms with Gasteiger partial charge in [-0.15, -0.1) is 0 Å². The number of para-hydroxylation sites is 1. The second-order valence-electron chi connectivity index (χ2n) is 6.49. The maximum atomic E-state index is 12.4. The first-order valence-corrected chi connectivity index (χ1v) is 9.43. The van der Waals surface area contributed by atoms with E-state index in [1.165, 1.54) is 7.11 Å². The van der Waals surface area contributed by atoms with Crippen molar-refractivity contribution < 1.29 is 14.3 Å². The Morgan fingerprint density at radius 1 is 1.14 bits per heavy atom. The highest BCUT2D eigenvalue weighted by Crippen LogP contribution is 2.22. The second kappa shape index (κ2) is 9.10. The molecule has 1 aromatic heterocycles. The molecule has 0 saturated carbocycles. The molecule has 0 aliphatic rings. The first-order valence-electron chi connectivity index (χ1n) is 9.43. The number of nitrogens with one attached hydrogen (secondary N) is 1. The van der Waals surface area contributed by atoms with Crippen LogP contribution in [0.2, 0.25) is 0 Å². The van der Waals surface area contributed by atoms with Gasteiger partial charge in [0, 0.05) is 22.6 Å². The summed E-state index contributed by atoms with van der Waals surface area (Å²) in [6.07, 6.45) is 1.65. The minimum atomic E-state index is -0.320. The second-order valence-corrected chi connectivity index (χ2v) is 6.49. The normalized spacial score (nSPS) is 10.9. The average molecular weight is 391 g/mol. The van der Waals surface area contributed by atoms with Crippen molar-refractivity contribution >= 4 is 12.1 Å². The Bertz CT molecular complexity index is 1020. The lowest BCUT2D eigenvalue weighted by Crippen LogP contribution is -2.18. The smallest absolute Gasteiger partial charge is 0.275 e. The van der Waals surface area contributed by atoms with Crippen LogP contribution in [0.15, 0.2) is 59.7 Å². The summed E-state index contributed by atoms with van der Waals surface area (Å²) < 4.78 is 12.9. The summed E-state index contributed by atoms with van der Waals surface area (Å²) in [5.41, 5.74) is 7.07. The van der Waals surface area contributed by atoms with Crippen molar-refractivity contribution in [2.45, 2.75) is 20.8 Å². The van der Waals surface area contributed by atoms with Crippen LogP contribution < -0.4 is 14.9 Å². The number of ether oxygens (including phenoxy) is 2. The van der Waals surface area contributed by atoms with Crippen LogP contribution in [-0.2, 0) is 0 Å². The van der Waals surface area contributed by atoms with Gasteiger partial charge in [0.2, 0.25) is 0 Å². The summed E-state index contributed by atoms with van der Waals surface area (Å²) in [6.45, 7) is 6.66. The number of benzene rings is 2. The van der Waals surface area contributed by atoms with Crippen molar-refractivity contribution in [3.63, 3.8) is 0 Å². The van der Waals surface area contributed by atoms with Crippen molar-refractivity contribution in [3.05, 3.63) is 77.1 Å². The lowest BCUT2D eigenvalue weighted by Gasteiger charge is -2.11. The third-order valence-corrected chi connectivity index (χ3v) is 4.60. The number of hydrogen-bond acceptors (Lipinski definition) is 4. The van der Waals surface area contributed by atoms with Gasteiger partial charge in [0.1, 0.15) is 11.5 Å². The van der Waals surface area contributed by atoms with E-state index in [0.29, 0.717) is 17.9 Å². The zero-order valence-electron chi connectivity index (χ0n) is 17.1. The van der Waals surface area contributed by atoms with Crippen molar-refractivity contribution in [2.75, 3.05) is 13.7 Å². The molecule has 0 fully saturated rings. The Hall–Kier alpha value is -3.54. The van der Waals surface area contributed by atoms with Gasteiger partial charge < -0.3 is 14.0 Å². The molecule has 0 aliphatic carbocycles. The third-order valence-electron chi connectivity index (χ3n) is 4.60. The molecule has 3 rings (SSSR count). The Morgan fingerprint density at radius 3 is 2.55 bits per heavy atom. The van der Waals surface area contributed by atoms with Crippen LogP contribution in [-0.4, -0.2) is 30.4 Å². The Kier molecular flexibility index (Phi) is 6.34. The number of aryl methyl sites for hydroxylation is 1. The maximum Gasteiger partial charge on any atom is 0.275 e. The van der Waals surface area contributed by atoms with E-state index in [1.807, 2.05) is 57.2 Å². The number of aromatic nitrogens is 1. The molecule has 0 atom stereocenters. The number of carbonyl (C=O) groups is 1. The first kappa shape index (κ1) is 20.2. The largest absolute Gasteiger partial charge is 0.496 e. The minimum absolute atomic E-state index is 0.320. The summed E-state index contributed by atoms with van der Waals surface area (Å²) >= 11 is 0. The van der Waals surface area contributed by atoms with Crippen LogP contribution in [0.3, 0.4) is 0 Å². The number of nitrogens with zero attached hydrogens (tertiary/aromatic N) is 2. The summed E-state index contributed by atoms with van der Waals surface area (Å²) in [4.78, 5) is 12.4. The van der Waals surface area contributed by atoms with Gasteiger partial charge in [-0.3, -0.25) is 4.79 Å². The Balaban J connectivity index is 1.77.